The molecule has 1 rings (SSSR count). The standard InChI is InChI=1S/C30H58N2/c1-5-8-11-13-14-15-16-17-18-19-22-25-29(24-20-10-7-3)30-31-26-27-32(30)28(4)23-21-12-9-6-2/h26-29H,5-25H2,1-4H3/p+1. The number of rotatable bonds is 23. The summed E-state index contributed by atoms with van der Waals surface area (Å²) in [6.45, 7) is 9.36. The molecule has 0 aliphatic heterocycles. The lowest BCUT2D eigenvalue weighted by molar-refractivity contribution is -0.727. The number of aromatic nitrogens is 2. The molecule has 1 heterocycles. The average molecular weight is 448 g/mol. The molecule has 0 spiro atoms. The number of hydrogen-bond donors (Lipinski definition) is 1. The van der Waals surface area contributed by atoms with E-state index in [0.717, 1.165) is 0 Å². The van der Waals surface area contributed by atoms with Crippen LogP contribution in [0.15, 0.2) is 12.4 Å². The SMILES string of the molecule is CCCCCCCCCCCCCC(CCCCC)c1[nH]cc[n+]1C(C)CCCCCC. The Hall–Kier alpha value is -0.790. The van der Waals surface area contributed by atoms with E-state index in [9.17, 15) is 0 Å². The van der Waals surface area contributed by atoms with Crippen LogP contribution in [0.5, 0.6) is 0 Å². The zero-order valence-electron chi connectivity index (χ0n) is 22.6. The lowest BCUT2D eigenvalue weighted by atomic mass is 9.93. The molecule has 0 bridgehead atoms. The van der Waals surface area contributed by atoms with E-state index in [0.29, 0.717) is 12.0 Å². The predicted octanol–water partition coefficient (Wildman–Crippen LogP) is 10.2. The molecule has 2 atom stereocenters. The monoisotopic (exact) mass is 447 g/mol. The summed E-state index contributed by atoms with van der Waals surface area (Å²) in [6, 6.07) is 0.624. The van der Waals surface area contributed by atoms with Gasteiger partial charge in [-0.2, -0.15) is 0 Å². The number of H-pyrrole nitrogens is 1. The maximum atomic E-state index is 3.67. The Kier molecular flexibility index (Phi) is 19.0. The zero-order chi connectivity index (χ0) is 23.3. The van der Waals surface area contributed by atoms with Crippen LogP contribution in [-0.2, 0) is 0 Å². The van der Waals surface area contributed by atoms with Crippen LogP contribution in [0, 0.1) is 0 Å². The summed E-state index contributed by atoms with van der Waals surface area (Å²) in [6.07, 6.45) is 33.9. The van der Waals surface area contributed by atoms with Gasteiger partial charge in [-0.3, -0.25) is 0 Å². The predicted molar refractivity (Wildman–Crippen MR) is 142 cm³/mol. The first-order chi connectivity index (χ1) is 15.7. The van der Waals surface area contributed by atoms with Gasteiger partial charge in [0.15, 0.2) is 0 Å². The van der Waals surface area contributed by atoms with E-state index in [2.05, 4.69) is 49.6 Å². The lowest BCUT2D eigenvalue weighted by Gasteiger charge is -2.17. The van der Waals surface area contributed by atoms with Crippen molar-refractivity contribution in [2.45, 2.75) is 174 Å². The smallest absolute Gasteiger partial charge is 0.247 e. The second kappa shape index (κ2) is 20.8. The Morgan fingerprint density at radius 2 is 1.00 bits per heavy atom. The molecule has 1 aromatic heterocycles. The average Bonchev–Trinajstić information content (AvgIpc) is 3.29. The van der Waals surface area contributed by atoms with Gasteiger partial charge in [0.25, 0.3) is 5.82 Å². The van der Waals surface area contributed by atoms with E-state index in [1.54, 1.807) is 0 Å². The first kappa shape index (κ1) is 29.2. The van der Waals surface area contributed by atoms with Gasteiger partial charge in [0.1, 0.15) is 12.4 Å². The van der Waals surface area contributed by atoms with Crippen molar-refractivity contribution in [2.24, 2.45) is 0 Å². The Morgan fingerprint density at radius 1 is 0.594 bits per heavy atom. The number of hydrogen-bond acceptors (Lipinski definition) is 0. The van der Waals surface area contributed by atoms with Gasteiger partial charge in [0, 0.05) is 0 Å². The van der Waals surface area contributed by atoms with Crippen LogP contribution in [0.4, 0.5) is 0 Å². The number of aromatic amines is 1. The van der Waals surface area contributed by atoms with Gasteiger partial charge in [0.05, 0.1) is 12.0 Å². The maximum Gasteiger partial charge on any atom is 0.257 e. The van der Waals surface area contributed by atoms with Crippen LogP contribution in [0.2, 0.25) is 0 Å². The highest BCUT2D eigenvalue weighted by Crippen LogP contribution is 2.27. The molecule has 0 fully saturated rings. The van der Waals surface area contributed by atoms with Crippen molar-refractivity contribution in [1.82, 2.24) is 4.98 Å². The summed E-state index contributed by atoms with van der Waals surface area (Å²) >= 11 is 0. The number of imidazole rings is 1. The van der Waals surface area contributed by atoms with Crippen molar-refractivity contribution in [1.29, 1.82) is 0 Å². The van der Waals surface area contributed by atoms with Gasteiger partial charge in [-0.05, 0) is 32.6 Å². The molecule has 32 heavy (non-hydrogen) atoms. The van der Waals surface area contributed by atoms with Crippen molar-refractivity contribution in [2.75, 3.05) is 0 Å². The molecule has 0 aromatic carbocycles. The zero-order valence-corrected chi connectivity index (χ0v) is 22.6. The molecule has 0 saturated heterocycles. The Bertz CT molecular complexity index is 507. The highest BCUT2D eigenvalue weighted by Gasteiger charge is 2.25. The van der Waals surface area contributed by atoms with E-state index in [1.165, 1.54) is 141 Å². The van der Waals surface area contributed by atoms with E-state index in [1.807, 2.05) is 0 Å². The summed E-state index contributed by atoms with van der Waals surface area (Å²) in [5, 5.41) is 0. The molecule has 0 amide bonds. The fourth-order valence-corrected chi connectivity index (χ4v) is 5.19. The van der Waals surface area contributed by atoms with E-state index < -0.39 is 0 Å². The summed E-state index contributed by atoms with van der Waals surface area (Å²) in [4.78, 5) is 3.67. The summed E-state index contributed by atoms with van der Waals surface area (Å²) in [7, 11) is 0. The topological polar surface area (TPSA) is 19.7 Å². The van der Waals surface area contributed by atoms with Gasteiger partial charge in [0.2, 0.25) is 0 Å². The normalized spacial score (nSPS) is 13.5. The minimum absolute atomic E-state index is 0.624. The summed E-state index contributed by atoms with van der Waals surface area (Å²) in [5.41, 5.74) is 0. The van der Waals surface area contributed by atoms with Crippen LogP contribution in [0.3, 0.4) is 0 Å². The van der Waals surface area contributed by atoms with Crippen LogP contribution in [-0.4, -0.2) is 4.98 Å². The van der Waals surface area contributed by atoms with Crippen LogP contribution in [0.25, 0.3) is 0 Å². The highest BCUT2D eigenvalue weighted by molar-refractivity contribution is 4.90. The second-order valence-corrected chi connectivity index (χ2v) is 10.5. The van der Waals surface area contributed by atoms with Gasteiger partial charge in [-0.25, -0.2) is 9.55 Å². The van der Waals surface area contributed by atoms with Crippen molar-refractivity contribution in [3.05, 3.63) is 18.2 Å². The molecule has 188 valence electrons. The minimum Gasteiger partial charge on any atom is -0.247 e. The van der Waals surface area contributed by atoms with Crippen molar-refractivity contribution < 1.29 is 4.57 Å². The first-order valence-electron chi connectivity index (χ1n) is 14.8. The molecular weight excluding hydrogens is 388 g/mol. The molecular formula is C30H59N2+. The minimum atomic E-state index is 0.624. The third kappa shape index (κ3) is 13.7. The summed E-state index contributed by atoms with van der Waals surface area (Å²) in [5.74, 6) is 2.23. The van der Waals surface area contributed by atoms with Crippen LogP contribution in [0.1, 0.15) is 180 Å². The molecule has 2 heteroatoms. The molecule has 2 nitrogen and oxygen atoms in total. The molecule has 0 saturated carbocycles. The van der Waals surface area contributed by atoms with E-state index in [-0.39, 0.29) is 0 Å². The Labute approximate surface area is 202 Å². The molecule has 0 radical (unpaired) electrons. The quantitative estimate of drug-likeness (QED) is 0.127. The number of nitrogens with zero attached hydrogens (tertiary/aromatic N) is 1. The molecule has 1 aromatic rings. The molecule has 2 unspecified atom stereocenters. The fourth-order valence-electron chi connectivity index (χ4n) is 5.19. The van der Waals surface area contributed by atoms with E-state index in [4.69, 9.17) is 0 Å². The summed E-state index contributed by atoms with van der Waals surface area (Å²) < 4.78 is 2.58. The third-order valence-corrected chi connectivity index (χ3v) is 7.39. The third-order valence-electron chi connectivity index (χ3n) is 7.39. The largest absolute Gasteiger partial charge is 0.257 e. The Balaban J connectivity index is 2.38. The maximum absolute atomic E-state index is 3.67. The van der Waals surface area contributed by atoms with Crippen LogP contribution >= 0.6 is 0 Å². The second-order valence-electron chi connectivity index (χ2n) is 10.5. The Morgan fingerprint density at radius 3 is 1.56 bits per heavy atom. The van der Waals surface area contributed by atoms with Gasteiger partial charge in [-0.1, -0.05) is 130 Å². The molecule has 1 N–H and O–H groups in total. The molecule has 0 aliphatic carbocycles. The van der Waals surface area contributed by atoms with Crippen molar-refractivity contribution >= 4 is 0 Å². The lowest BCUT2D eigenvalue weighted by Crippen LogP contribution is -2.41. The van der Waals surface area contributed by atoms with Crippen LogP contribution < -0.4 is 4.57 Å². The molecule has 0 aliphatic rings. The van der Waals surface area contributed by atoms with Gasteiger partial charge < -0.3 is 0 Å². The number of nitrogens with one attached hydrogen (secondary N) is 1. The van der Waals surface area contributed by atoms with Crippen molar-refractivity contribution in [3.8, 4) is 0 Å². The number of unbranched alkanes of at least 4 members (excludes halogenated alkanes) is 15. The van der Waals surface area contributed by atoms with Gasteiger partial charge in [-0.15, -0.1) is 0 Å². The highest BCUT2D eigenvalue weighted by atomic mass is 15.1. The fraction of sp³-hybridized carbons (Fsp3) is 0.900. The van der Waals surface area contributed by atoms with Gasteiger partial charge >= 0.3 is 0 Å². The van der Waals surface area contributed by atoms with E-state index >= 15 is 0 Å². The first-order valence-corrected chi connectivity index (χ1v) is 14.8. The van der Waals surface area contributed by atoms with Crippen molar-refractivity contribution in [3.63, 3.8) is 0 Å².